The Bertz CT molecular complexity index is 956. The molecule has 0 N–H and O–H groups in total. The number of nitro groups is 1. The van der Waals surface area contributed by atoms with E-state index in [0.717, 1.165) is 11.4 Å². The Kier molecular flexibility index (Phi) is 5.50. The third kappa shape index (κ3) is 4.51. The minimum absolute atomic E-state index is 0.110. The van der Waals surface area contributed by atoms with Crippen molar-refractivity contribution in [1.29, 1.82) is 0 Å². The highest BCUT2D eigenvalue weighted by Gasteiger charge is 2.20. The number of pyridine rings is 1. The van der Waals surface area contributed by atoms with Gasteiger partial charge >= 0.3 is 5.97 Å². The molecular formula is C18H17N5O4. The zero-order valence-corrected chi connectivity index (χ0v) is 14.6. The number of ether oxygens (including phenoxy) is 1. The SMILES string of the molecule is Cc1cccc(CCCOC(=O)c2ccc(-n3cncn3)c([N+](=O)[O-])c2)n1. The van der Waals surface area contributed by atoms with Crippen LogP contribution in [0, 0.1) is 17.0 Å². The maximum absolute atomic E-state index is 12.2. The van der Waals surface area contributed by atoms with Gasteiger partial charge in [0.25, 0.3) is 5.69 Å². The topological polar surface area (TPSA) is 113 Å². The second-order valence-corrected chi connectivity index (χ2v) is 5.81. The van der Waals surface area contributed by atoms with E-state index in [9.17, 15) is 14.9 Å². The molecule has 0 aliphatic heterocycles. The molecule has 0 unspecified atom stereocenters. The summed E-state index contributed by atoms with van der Waals surface area (Å²) in [5.74, 6) is -0.611. The molecule has 0 saturated heterocycles. The summed E-state index contributed by atoms with van der Waals surface area (Å²) in [6, 6.07) is 9.86. The summed E-state index contributed by atoms with van der Waals surface area (Å²) in [6.45, 7) is 2.12. The van der Waals surface area contributed by atoms with Crippen LogP contribution in [0.3, 0.4) is 0 Å². The molecule has 0 aliphatic rings. The third-order valence-corrected chi connectivity index (χ3v) is 3.83. The van der Waals surface area contributed by atoms with Gasteiger partial charge in [0, 0.05) is 17.5 Å². The van der Waals surface area contributed by atoms with Gasteiger partial charge < -0.3 is 4.74 Å². The van der Waals surface area contributed by atoms with Crippen LogP contribution in [-0.4, -0.2) is 37.2 Å². The molecule has 0 bridgehead atoms. The highest BCUT2D eigenvalue weighted by atomic mass is 16.6. The van der Waals surface area contributed by atoms with Gasteiger partial charge in [0.2, 0.25) is 0 Å². The van der Waals surface area contributed by atoms with Crippen LogP contribution in [-0.2, 0) is 11.2 Å². The number of hydrogen-bond donors (Lipinski definition) is 0. The third-order valence-electron chi connectivity index (χ3n) is 3.83. The second-order valence-electron chi connectivity index (χ2n) is 5.81. The summed E-state index contributed by atoms with van der Waals surface area (Å²) >= 11 is 0. The van der Waals surface area contributed by atoms with Crippen molar-refractivity contribution < 1.29 is 14.5 Å². The number of aromatic nitrogens is 4. The fourth-order valence-electron chi connectivity index (χ4n) is 2.56. The van der Waals surface area contributed by atoms with Crippen molar-refractivity contribution in [3.8, 4) is 5.69 Å². The predicted molar refractivity (Wildman–Crippen MR) is 95.6 cm³/mol. The molecule has 9 nitrogen and oxygen atoms in total. The standard InChI is InChI=1S/C18H17N5O4/c1-13-4-2-5-15(21-13)6-3-9-27-18(24)14-7-8-16(17(10-14)23(25)26)22-12-19-11-20-22/h2,4-5,7-8,10-12H,3,6,9H2,1H3. The van der Waals surface area contributed by atoms with Gasteiger partial charge in [-0.25, -0.2) is 14.5 Å². The number of benzene rings is 1. The Balaban J connectivity index is 1.63. The van der Waals surface area contributed by atoms with Gasteiger partial charge in [-0.1, -0.05) is 6.07 Å². The lowest BCUT2D eigenvalue weighted by Gasteiger charge is -2.07. The van der Waals surface area contributed by atoms with Crippen molar-refractivity contribution in [2.75, 3.05) is 6.61 Å². The fraction of sp³-hybridized carbons (Fsp3) is 0.222. The van der Waals surface area contributed by atoms with Crippen LogP contribution < -0.4 is 0 Å². The largest absolute Gasteiger partial charge is 0.462 e. The second kappa shape index (κ2) is 8.17. The lowest BCUT2D eigenvalue weighted by Crippen LogP contribution is -2.09. The maximum atomic E-state index is 12.2. The van der Waals surface area contributed by atoms with Crippen molar-refractivity contribution in [3.63, 3.8) is 0 Å². The number of esters is 1. The summed E-state index contributed by atoms with van der Waals surface area (Å²) < 4.78 is 6.49. The van der Waals surface area contributed by atoms with Gasteiger partial charge in [-0.05, 0) is 44.0 Å². The average Bonchev–Trinajstić information content (AvgIpc) is 3.19. The Morgan fingerprint density at radius 1 is 1.30 bits per heavy atom. The molecule has 27 heavy (non-hydrogen) atoms. The van der Waals surface area contributed by atoms with Gasteiger partial charge in [-0.2, -0.15) is 5.10 Å². The number of nitrogens with zero attached hydrogens (tertiary/aromatic N) is 5. The molecule has 0 amide bonds. The molecule has 1 aromatic carbocycles. The van der Waals surface area contributed by atoms with Crippen LogP contribution in [0.2, 0.25) is 0 Å². The van der Waals surface area contributed by atoms with Crippen molar-refractivity contribution in [2.45, 2.75) is 19.8 Å². The van der Waals surface area contributed by atoms with Gasteiger partial charge in [-0.15, -0.1) is 0 Å². The van der Waals surface area contributed by atoms with Crippen LogP contribution in [0.1, 0.15) is 28.2 Å². The lowest BCUT2D eigenvalue weighted by atomic mass is 10.1. The zero-order chi connectivity index (χ0) is 19.2. The average molecular weight is 367 g/mol. The molecule has 0 atom stereocenters. The maximum Gasteiger partial charge on any atom is 0.338 e. The fourth-order valence-corrected chi connectivity index (χ4v) is 2.56. The number of aryl methyl sites for hydroxylation is 2. The van der Waals surface area contributed by atoms with Crippen LogP contribution in [0.15, 0.2) is 49.1 Å². The quantitative estimate of drug-likeness (QED) is 0.273. The van der Waals surface area contributed by atoms with E-state index in [1.54, 1.807) is 0 Å². The van der Waals surface area contributed by atoms with Crippen LogP contribution >= 0.6 is 0 Å². The smallest absolute Gasteiger partial charge is 0.338 e. The van der Waals surface area contributed by atoms with Crippen molar-refractivity contribution in [1.82, 2.24) is 19.7 Å². The van der Waals surface area contributed by atoms with E-state index in [2.05, 4.69) is 15.1 Å². The number of carbonyl (C=O) groups is 1. The number of rotatable bonds is 7. The van der Waals surface area contributed by atoms with Crippen molar-refractivity contribution in [2.24, 2.45) is 0 Å². The first-order chi connectivity index (χ1) is 13.0. The van der Waals surface area contributed by atoms with Crippen molar-refractivity contribution in [3.05, 3.63) is 76.1 Å². The molecule has 2 heterocycles. The highest BCUT2D eigenvalue weighted by Crippen LogP contribution is 2.24. The molecule has 3 rings (SSSR count). The van der Waals surface area contributed by atoms with Gasteiger partial charge in [0.15, 0.2) is 0 Å². The molecule has 0 aliphatic carbocycles. The highest BCUT2D eigenvalue weighted by molar-refractivity contribution is 5.90. The molecule has 138 valence electrons. The van der Waals surface area contributed by atoms with Crippen LogP contribution in [0.4, 0.5) is 5.69 Å². The number of hydrogen-bond acceptors (Lipinski definition) is 7. The van der Waals surface area contributed by atoms with E-state index < -0.39 is 10.9 Å². The van der Waals surface area contributed by atoms with E-state index in [1.807, 2.05) is 25.1 Å². The molecular weight excluding hydrogens is 350 g/mol. The summed E-state index contributed by atoms with van der Waals surface area (Å²) in [5.41, 5.74) is 1.95. The normalized spacial score (nSPS) is 10.6. The molecule has 0 saturated carbocycles. The summed E-state index contributed by atoms with van der Waals surface area (Å²) in [5, 5.41) is 15.2. The van der Waals surface area contributed by atoms with Crippen molar-refractivity contribution >= 4 is 11.7 Å². The molecule has 0 fully saturated rings. The first-order valence-corrected chi connectivity index (χ1v) is 8.27. The first kappa shape index (κ1) is 18.2. The van der Waals surface area contributed by atoms with E-state index >= 15 is 0 Å². The van der Waals surface area contributed by atoms with E-state index in [4.69, 9.17) is 4.74 Å². The summed E-state index contributed by atoms with van der Waals surface area (Å²) in [4.78, 5) is 31.1. The van der Waals surface area contributed by atoms with Crippen LogP contribution in [0.25, 0.3) is 5.69 Å². The van der Waals surface area contributed by atoms with E-state index in [1.165, 1.54) is 35.5 Å². The van der Waals surface area contributed by atoms with Crippen LogP contribution in [0.5, 0.6) is 0 Å². The Morgan fingerprint density at radius 3 is 2.85 bits per heavy atom. The zero-order valence-electron chi connectivity index (χ0n) is 14.6. The predicted octanol–water partition coefficient (Wildman–Crippen LogP) is 2.67. The molecule has 0 spiro atoms. The Labute approximate surface area is 154 Å². The Hall–Kier alpha value is -3.62. The van der Waals surface area contributed by atoms with Gasteiger partial charge in [0.1, 0.15) is 18.3 Å². The van der Waals surface area contributed by atoms with E-state index in [-0.39, 0.29) is 23.5 Å². The minimum Gasteiger partial charge on any atom is -0.462 e. The van der Waals surface area contributed by atoms with Gasteiger partial charge in [0.05, 0.1) is 17.1 Å². The molecule has 9 heteroatoms. The lowest BCUT2D eigenvalue weighted by molar-refractivity contribution is -0.384. The molecule has 2 aromatic heterocycles. The minimum atomic E-state index is -0.611. The molecule has 3 aromatic rings. The summed E-state index contributed by atoms with van der Waals surface area (Å²) in [7, 11) is 0. The van der Waals surface area contributed by atoms with E-state index in [0.29, 0.717) is 12.8 Å². The number of nitro benzene ring substituents is 1. The Morgan fingerprint density at radius 2 is 2.15 bits per heavy atom. The molecule has 0 radical (unpaired) electrons. The first-order valence-electron chi connectivity index (χ1n) is 8.27. The number of carbonyl (C=O) groups excluding carboxylic acids is 1. The monoisotopic (exact) mass is 367 g/mol. The van der Waals surface area contributed by atoms with Gasteiger partial charge in [-0.3, -0.25) is 15.1 Å². The summed E-state index contributed by atoms with van der Waals surface area (Å²) in [6.07, 6.45) is 3.91.